The zero-order chi connectivity index (χ0) is 10.7. The number of aryl methyl sites for hydroxylation is 1. The molecule has 0 saturated heterocycles. The van der Waals surface area contributed by atoms with Gasteiger partial charge >= 0.3 is 0 Å². The second-order valence-corrected chi connectivity index (χ2v) is 4.30. The molecule has 2 rings (SSSR count). The molecule has 3 nitrogen and oxygen atoms in total. The zero-order valence-electron chi connectivity index (χ0n) is 8.98. The molecule has 78 valence electrons. The van der Waals surface area contributed by atoms with Gasteiger partial charge in [-0.25, -0.2) is 0 Å². The molecule has 1 aromatic rings. The first kappa shape index (κ1) is 10.1. The van der Waals surface area contributed by atoms with Gasteiger partial charge in [0.1, 0.15) is 0 Å². The number of azide groups is 1. The van der Waals surface area contributed by atoms with Crippen molar-refractivity contribution in [1.29, 1.82) is 0 Å². The van der Waals surface area contributed by atoms with Crippen molar-refractivity contribution in [2.75, 3.05) is 0 Å². The van der Waals surface area contributed by atoms with Crippen molar-refractivity contribution in [3.63, 3.8) is 0 Å². The van der Waals surface area contributed by atoms with Gasteiger partial charge in [0.15, 0.2) is 0 Å². The molecule has 1 aliphatic rings. The Bertz CT molecular complexity index is 399. The third-order valence-corrected chi connectivity index (χ3v) is 3.22. The van der Waals surface area contributed by atoms with E-state index in [2.05, 4.69) is 35.1 Å². The number of rotatable bonds is 2. The molecular weight excluding hydrogens is 186 g/mol. The Kier molecular flexibility index (Phi) is 2.65. The summed E-state index contributed by atoms with van der Waals surface area (Å²) in [5, 5.41) is 4.05. The summed E-state index contributed by atoms with van der Waals surface area (Å²) in [6.45, 7) is 2.07. The van der Waals surface area contributed by atoms with Gasteiger partial charge < -0.3 is 0 Å². The molecule has 0 radical (unpaired) electrons. The van der Waals surface area contributed by atoms with Gasteiger partial charge in [-0.2, -0.15) is 0 Å². The Hall–Kier alpha value is -1.47. The smallest absolute Gasteiger partial charge is 0.0738 e. The minimum absolute atomic E-state index is 0.263. The van der Waals surface area contributed by atoms with E-state index in [9.17, 15) is 0 Å². The van der Waals surface area contributed by atoms with Crippen molar-refractivity contribution >= 4 is 0 Å². The minimum Gasteiger partial charge on any atom is -0.0826 e. The third-order valence-electron chi connectivity index (χ3n) is 3.22. The van der Waals surface area contributed by atoms with Gasteiger partial charge in [-0.3, -0.25) is 0 Å². The molecule has 0 amide bonds. The topological polar surface area (TPSA) is 48.8 Å². The highest BCUT2D eigenvalue weighted by molar-refractivity contribution is 5.30. The first-order valence-electron chi connectivity index (χ1n) is 5.40. The largest absolute Gasteiger partial charge is 0.0826 e. The summed E-state index contributed by atoms with van der Waals surface area (Å²) in [6, 6.07) is 8.33. The van der Waals surface area contributed by atoms with Gasteiger partial charge in [0.05, 0.1) is 5.54 Å². The molecule has 0 N–H and O–H groups in total. The third kappa shape index (κ3) is 1.83. The lowest BCUT2D eigenvalue weighted by Gasteiger charge is -2.23. The molecule has 0 atom stereocenters. The van der Waals surface area contributed by atoms with Gasteiger partial charge in [-0.05, 0) is 30.9 Å². The Morgan fingerprint density at radius 3 is 2.67 bits per heavy atom. The molecule has 0 unspecified atom stereocenters. The summed E-state index contributed by atoms with van der Waals surface area (Å²) < 4.78 is 0. The average Bonchev–Trinajstić information content (AvgIpc) is 2.68. The highest BCUT2D eigenvalue weighted by atomic mass is 15.2. The van der Waals surface area contributed by atoms with E-state index in [-0.39, 0.29) is 5.54 Å². The summed E-state index contributed by atoms with van der Waals surface area (Å²) >= 11 is 0. The van der Waals surface area contributed by atoms with Gasteiger partial charge in [-0.1, -0.05) is 47.8 Å². The molecule has 0 bridgehead atoms. The molecule has 0 aliphatic heterocycles. The Morgan fingerprint density at radius 2 is 2.07 bits per heavy atom. The van der Waals surface area contributed by atoms with Gasteiger partial charge in [0, 0.05) is 4.91 Å². The Labute approximate surface area is 89.7 Å². The Morgan fingerprint density at radius 1 is 1.33 bits per heavy atom. The molecule has 0 spiro atoms. The summed E-state index contributed by atoms with van der Waals surface area (Å²) in [5.74, 6) is 0. The van der Waals surface area contributed by atoms with Crippen LogP contribution in [0.1, 0.15) is 36.8 Å². The molecule has 1 aliphatic carbocycles. The second-order valence-electron chi connectivity index (χ2n) is 4.30. The predicted molar refractivity (Wildman–Crippen MR) is 60.5 cm³/mol. The van der Waals surface area contributed by atoms with Crippen molar-refractivity contribution in [1.82, 2.24) is 0 Å². The number of nitrogens with zero attached hydrogens (tertiary/aromatic N) is 3. The van der Waals surface area contributed by atoms with Crippen LogP contribution < -0.4 is 0 Å². The van der Waals surface area contributed by atoms with E-state index in [1.807, 2.05) is 6.07 Å². The van der Waals surface area contributed by atoms with Crippen LogP contribution in [0, 0.1) is 6.92 Å². The van der Waals surface area contributed by atoms with E-state index in [1.165, 1.54) is 11.1 Å². The number of hydrogen-bond donors (Lipinski definition) is 0. The maximum Gasteiger partial charge on any atom is 0.0738 e. The second kappa shape index (κ2) is 3.95. The van der Waals surface area contributed by atoms with Gasteiger partial charge in [-0.15, -0.1) is 0 Å². The summed E-state index contributed by atoms with van der Waals surface area (Å²) in [7, 11) is 0. The van der Waals surface area contributed by atoms with Crippen molar-refractivity contribution in [2.45, 2.75) is 38.1 Å². The SMILES string of the molecule is Cc1cccc(C2(N=[N+]=[N-])CCCC2)c1. The lowest BCUT2D eigenvalue weighted by molar-refractivity contribution is 0.459. The van der Waals surface area contributed by atoms with Crippen LogP contribution in [0.2, 0.25) is 0 Å². The van der Waals surface area contributed by atoms with Crippen molar-refractivity contribution < 1.29 is 0 Å². The summed E-state index contributed by atoms with van der Waals surface area (Å²) in [5.41, 5.74) is 10.8. The molecule has 3 heteroatoms. The van der Waals surface area contributed by atoms with Crippen LogP contribution in [-0.2, 0) is 5.54 Å². The maximum atomic E-state index is 8.68. The van der Waals surface area contributed by atoms with Crippen LogP contribution in [0.25, 0.3) is 10.4 Å². The van der Waals surface area contributed by atoms with Crippen molar-refractivity contribution in [3.05, 3.63) is 45.8 Å². The van der Waals surface area contributed by atoms with Crippen LogP contribution in [0.3, 0.4) is 0 Å². The standard InChI is InChI=1S/C12H15N3/c1-10-5-4-6-11(9-10)12(14-15-13)7-2-3-8-12/h4-6,9H,2-3,7-8H2,1H3. The highest BCUT2D eigenvalue weighted by Gasteiger charge is 2.34. The van der Waals surface area contributed by atoms with Crippen LogP contribution in [0.5, 0.6) is 0 Å². The fraction of sp³-hybridized carbons (Fsp3) is 0.500. The maximum absolute atomic E-state index is 8.68. The number of benzene rings is 1. The first-order valence-corrected chi connectivity index (χ1v) is 5.40. The van der Waals surface area contributed by atoms with E-state index >= 15 is 0 Å². The van der Waals surface area contributed by atoms with Crippen LogP contribution in [0.4, 0.5) is 0 Å². The summed E-state index contributed by atoms with van der Waals surface area (Å²) in [4.78, 5) is 3.02. The summed E-state index contributed by atoms with van der Waals surface area (Å²) in [6.07, 6.45) is 4.29. The molecular formula is C12H15N3. The molecule has 1 saturated carbocycles. The lowest BCUT2D eigenvalue weighted by Crippen LogP contribution is -2.18. The average molecular weight is 201 g/mol. The molecule has 1 fully saturated rings. The van der Waals surface area contributed by atoms with E-state index in [1.54, 1.807) is 0 Å². The van der Waals surface area contributed by atoms with E-state index in [4.69, 9.17) is 5.53 Å². The normalized spacial score (nSPS) is 18.5. The first-order chi connectivity index (χ1) is 7.27. The fourth-order valence-electron chi connectivity index (χ4n) is 2.43. The van der Waals surface area contributed by atoms with Gasteiger partial charge in [0.2, 0.25) is 0 Å². The molecule has 15 heavy (non-hydrogen) atoms. The van der Waals surface area contributed by atoms with Crippen molar-refractivity contribution in [3.8, 4) is 0 Å². The number of hydrogen-bond acceptors (Lipinski definition) is 1. The van der Waals surface area contributed by atoms with Crippen LogP contribution in [-0.4, -0.2) is 0 Å². The van der Waals surface area contributed by atoms with E-state index in [0.717, 1.165) is 25.7 Å². The van der Waals surface area contributed by atoms with Gasteiger partial charge in [0.25, 0.3) is 0 Å². The highest BCUT2D eigenvalue weighted by Crippen LogP contribution is 2.42. The van der Waals surface area contributed by atoms with E-state index < -0.39 is 0 Å². The predicted octanol–water partition coefficient (Wildman–Crippen LogP) is 4.07. The molecule has 1 aromatic carbocycles. The minimum atomic E-state index is -0.263. The fourth-order valence-corrected chi connectivity index (χ4v) is 2.43. The van der Waals surface area contributed by atoms with Crippen LogP contribution in [0.15, 0.2) is 29.4 Å². The van der Waals surface area contributed by atoms with Crippen LogP contribution >= 0.6 is 0 Å². The quantitative estimate of drug-likeness (QED) is 0.393. The van der Waals surface area contributed by atoms with E-state index in [0.29, 0.717) is 0 Å². The zero-order valence-corrected chi connectivity index (χ0v) is 8.98. The monoisotopic (exact) mass is 201 g/mol. The lowest BCUT2D eigenvalue weighted by atomic mass is 9.88. The Balaban J connectivity index is 2.45. The molecule has 0 heterocycles. The van der Waals surface area contributed by atoms with Crippen molar-refractivity contribution in [2.24, 2.45) is 5.11 Å². The molecule has 0 aromatic heterocycles.